The number of hydrogen-bond acceptors (Lipinski definition) is 4. The van der Waals surface area contributed by atoms with Crippen molar-refractivity contribution < 1.29 is 4.74 Å². The summed E-state index contributed by atoms with van der Waals surface area (Å²) in [5.74, 6) is 1.30. The van der Waals surface area contributed by atoms with Crippen molar-refractivity contribution in [1.29, 1.82) is 0 Å². The molecule has 0 aliphatic heterocycles. The van der Waals surface area contributed by atoms with Crippen LogP contribution in [0.15, 0.2) is 60.9 Å². The Labute approximate surface area is 158 Å². The van der Waals surface area contributed by atoms with Crippen molar-refractivity contribution in [2.45, 2.75) is 13.8 Å². The van der Waals surface area contributed by atoms with Crippen molar-refractivity contribution in [3.63, 3.8) is 0 Å². The Balaban J connectivity index is 1.71. The van der Waals surface area contributed by atoms with E-state index in [-0.39, 0.29) is 0 Å². The average Bonchev–Trinajstić information content (AvgIpc) is 3.07. The highest BCUT2D eigenvalue weighted by Gasteiger charge is 2.11. The van der Waals surface area contributed by atoms with Gasteiger partial charge in [0, 0.05) is 43.7 Å². The van der Waals surface area contributed by atoms with Gasteiger partial charge in [0.2, 0.25) is 5.88 Å². The quantitative estimate of drug-likeness (QED) is 0.522. The number of fused-ring (bicyclic) bond motifs is 1. The average molecular weight is 358 g/mol. The lowest BCUT2D eigenvalue weighted by molar-refractivity contribution is 0.463. The third kappa shape index (κ3) is 3.36. The third-order valence-electron chi connectivity index (χ3n) is 4.72. The maximum absolute atomic E-state index is 6.00. The van der Waals surface area contributed by atoms with Crippen molar-refractivity contribution >= 4 is 11.3 Å². The van der Waals surface area contributed by atoms with Gasteiger partial charge in [-0.2, -0.15) is 10.1 Å². The van der Waals surface area contributed by atoms with E-state index >= 15 is 0 Å². The van der Waals surface area contributed by atoms with Crippen LogP contribution in [0.1, 0.15) is 11.1 Å². The minimum atomic E-state index is 0.545. The molecule has 0 bridgehead atoms. The molecule has 0 unspecified atom stereocenters. The number of benzene rings is 2. The van der Waals surface area contributed by atoms with Crippen LogP contribution < -0.4 is 9.64 Å². The maximum atomic E-state index is 6.00. The van der Waals surface area contributed by atoms with Gasteiger partial charge >= 0.3 is 0 Å². The lowest BCUT2D eigenvalue weighted by Crippen LogP contribution is -2.08. The Bertz CT molecular complexity index is 1110. The van der Waals surface area contributed by atoms with Gasteiger partial charge in [0.1, 0.15) is 5.75 Å². The molecular weight excluding hydrogens is 336 g/mol. The zero-order valence-corrected chi connectivity index (χ0v) is 16.0. The molecule has 0 fully saturated rings. The SMILES string of the molecule is Cc1ccc(-c2cnn3ccc(Oc4cccc(N(C)C)c4)nc23)cc1C. The number of aryl methyl sites for hydroxylation is 2. The zero-order valence-electron chi connectivity index (χ0n) is 16.0. The second-order valence-corrected chi connectivity index (χ2v) is 6.89. The molecule has 27 heavy (non-hydrogen) atoms. The molecule has 0 aliphatic carbocycles. The zero-order chi connectivity index (χ0) is 19.0. The summed E-state index contributed by atoms with van der Waals surface area (Å²) >= 11 is 0. The topological polar surface area (TPSA) is 42.7 Å². The molecule has 0 aliphatic rings. The van der Waals surface area contributed by atoms with Crippen molar-refractivity contribution in [2.24, 2.45) is 0 Å². The molecule has 0 spiro atoms. The molecule has 136 valence electrons. The van der Waals surface area contributed by atoms with Crippen molar-refractivity contribution in [3.05, 3.63) is 72.1 Å². The molecule has 2 aromatic carbocycles. The van der Waals surface area contributed by atoms with E-state index in [0.29, 0.717) is 5.88 Å². The first-order valence-corrected chi connectivity index (χ1v) is 8.88. The fourth-order valence-electron chi connectivity index (χ4n) is 2.97. The summed E-state index contributed by atoms with van der Waals surface area (Å²) in [7, 11) is 4.01. The monoisotopic (exact) mass is 358 g/mol. The Hall–Kier alpha value is -3.34. The van der Waals surface area contributed by atoms with Gasteiger partial charge in [0.05, 0.1) is 6.20 Å². The molecule has 2 aromatic heterocycles. The first-order chi connectivity index (χ1) is 13.0. The predicted octanol–water partition coefficient (Wildman–Crippen LogP) is 4.87. The van der Waals surface area contributed by atoms with Gasteiger partial charge in [0.15, 0.2) is 5.65 Å². The van der Waals surface area contributed by atoms with E-state index in [9.17, 15) is 0 Å². The van der Waals surface area contributed by atoms with Crippen LogP contribution in [0.3, 0.4) is 0 Å². The van der Waals surface area contributed by atoms with Crippen LogP contribution in [0.5, 0.6) is 11.6 Å². The lowest BCUT2D eigenvalue weighted by Gasteiger charge is -2.13. The first kappa shape index (κ1) is 17.1. The molecule has 0 radical (unpaired) electrons. The third-order valence-corrected chi connectivity index (χ3v) is 4.72. The van der Waals surface area contributed by atoms with E-state index in [2.05, 4.69) is 37.1 Å². The van der Waals surface area contributed by atoms with Gasteiger partial charge in [0.25, 0.3) is 0 Å². The van der Waals surface area contributed by atoms with Gasteiger partial charge in [-0.05, 0) is 42.7 Å². The standard InChI is InChI=1S/C22H22N4O/c1-15-8-9-17(12-16(15)2)20-14-23-26-11-10-21(24-22(20)26)27-19-7-5-6-18(13-19)25(3)4/h5-14H,1-4H3. The highest BCUT2D eigenvalue weighted by molar-refractivity contribution is 5.77. The molecule has 0 saturated carbocycles. The van der Waals surface area contributed by atoms with Crippen LogP contribution in [0, 0.1) is 13.8 Å². The Kier molecular flexibility index (Phi) is 4.28. The summed E-state index contributed by atoms with van der Waals surface area (Å²) in [5.41, 5.74) is 6.47. The molecule has 5 nitrogen and oxygen atoms in total. The minimum Gasteiger partial charge on any atom is -0.439 e. The maximum Gasteiger partial charge on any atom is 0.222 e. The lowest BCUT2D eigenvalue weighted by atomic mass is 10.0. The molecule has 2 heterocycles. The highest BCUT2D eigenvalue weighted by atomic mass is 16.5. The van der Waals surface area contributed by atoms with E-state index < -0.39 is 0 Å². The highest BCUT2D eigenvalue weighted by Crippen LogP contribution is 2.28. The molecule has 0 amide bonds. The van der Waals surface area contributed by atoms with Crippen LogP contribution in [-0.2, 0) is 0 Å². The number of nitrogens with zero attached hydrogens (tertiary/aromatic N) is 4. The number of ether oxygens (including phenoxy) is 1. The Morgan fingerprint density at radius 3 is 2.59 bits per heavy atom. The molecular formula is C22H22N4O. The Morgan fingerprint density at radius 2 is 1.81 bits per heavy atom. The molecule has 0 saturated heterocycles. The first-order valence-electron chi connectivity index (χ1n) is 8.88. The largest absolute Gasteiger partial charge is 0.439 e. The second-order valence-electron chi connectivity index (χ2n) is 6.89. The predicted molar refractivity (Wildman–Crippen MR) is 109 cm³/mol. The van der Waals surface area contributed by atoms with Crippen molar-refractivity contribution in [1.82, 2.24) is 14.6 Å². The summed E-state index contributed by atoms with van der Waals surface area (Å²) in [4.78, 5) is 6.74. The van der Waals surface area contributed by atoms with E-state index in [4.69, 9.17) is 9.72 Å². The fourth-order valence-corrected chi connectivity index (χ4v) is 2.97. The van der Waals surface area contributed by atoms with E-state index in [1.54, 1.807) is 4.52 Å². The van der Waals surface area contributed by atoms with E-state index in [1.807, 2.05) is 61.7 Å². The van der Waals surface area contributed by atoms with Crippen LogP contribution in [0.25, 0.3) is 16.8 Å². The summed E-state index contributed by atoms with van der Waals surface area (Å²) in [6.45, 7) is 4.23. The number of anilines is 1. The van der Waals surface area contributed by atoms with Crippen LogP contribution >= 0.6 is 0 Å². The molecule has 5 heteroatoms. The number of aromatic nitrogens is 3. The van der Waals surface area contributed by atoms with Crippen LogP contribution in [0.4, 0.5) is 5.69 Å². The molecule has 0 N–H and O–H groups in total. The van der Waals surface area contributed by atoms with Gasteiger partial charge < -0.3 is 9.64 Å². The normalized spacial score (nSPS) is 11.0. The summed E-state index contributed by atoms with van der Waals surface area (Å²) in [5, 5.41) is 4.42. The Morgan fingerprint density at radius 1 is 0.963 bits per heavy atom. The fraction of sp³-hybridized carbons (Fsp3) is 0.182. The number of hydrogen-bond donors (Lipinski definition) is 0. The summed E-state index contributed by atoms with van der Waals surface area (Å²) in [6.07, 6.45) is 3.72. The summed E-state index contributed by atoms with van der Waals surface area (Å²) < 4.78 is 7.77. The smallest absolute Gasteiger partial charge is 0.222 e. The van der Waals surface area contributed by atoms with Crippen LogP contribution in [0.2, 0.25) is 0 Å². The molecule has 4 aromatic rings. The second kappa shape index (κ2) is 6.76. The molecule has 4 rings (SSSR count). The van der Waals surface area contributed by atoms with Crippen molar-refractivity contribution in [2.75, 3.05) is 19.0 Å². The summed E-state index contributed by atoms with van der Waals surface area (Å²) in [6, 6.07) is 16.2. The van der Waals surface area contributed by atoms with Crippen molar-refractivity contribution in [3.8, 4) is 22.8 Å². The van der Waals surface area contributed by atoms with Gasteiger partial charge in [-0.1, -0.05) is 24.3 Å². The number of rotatable bonds is 4. The van der Waals surface area contributed by atoms with Gasteiger partial charge in [-0.3, -0.25) is 0 Å². The van der Waals surface area contributed by atoms with Gasteiger partial charge in [-0.25, -0.2) is 4.52 Å². The molecule has 0 atom stereocenters. The van der Waals surface area contributed by atoms with E-state index in [0.717, 1.165) is 28.2 Å². The van der Waals surface area contributed by atoms with Gasteiger partial charge in [-0.15, -0.1) is 0 Å². The minimum absolute atomic E-state index is 0.545. The van der Waals surface area contributed by atoms with E-state index in [1.165, 1.54) is 11.1 Å². The van der Waals surface area contributed by atoms with Crippen LogP contribution in [-0.4, -0.2) is 28.7 Å².